The zero-order chi connectivity index (χ0) is 8.97. The van der Waals surface area contributed by atoms with Crippen molar-refractivity contribution in [2.75, 3.05) is 0 Å². The van der Waals surface area contributed by atoms with Crippen LogP contribution in [0.25, 0.3) is 0 Å². The molecule has 1 aromatic rings. The molecule has 0 aromatic heterocycles. The summed E-state index contributed by atoms with van der Waals surface area (Å²) in [6, 6.07) is 6.62. The lowest BCUT2D eigenvalue weighted by Crippen LogP contribution is -1.88. The van der Waals surface area contributed by atoms with Crippen LogP contribution in [-0.2, 0) is 0 Å². The number of rotatable bonds is 1. The number of hydrogen-bond acceptors (Lipinski definition) is 3. The third-order valence-corrected chi connectivity index (χ3v) is 1.66. The standard InChI is InChI=1S/C7H4BrN3O/c8-6-2-1-3-7(4-6)11(12)10-5-9/h1-4H. The molecule has 1 aromatic carbocycles. The average molecular weight is 226 g/mol. The molecule has 0 unspecified atom stereocenters. The summed E-state index contributed by atoms with van der Waals surface area (Å²) < 4.78 is 0.772. The third-order valence-electron chi connectivity index (χ3n) is 1.16. The summed E-state index contributed by atoms with van der Waals surface area (Å²) >= 11 is 3.19. The van der Waals surface area contributed by atoms with Gasteiger partial charge in [0, 0.05) is 16.6 Å². The summed E-state index contributed by atoms with van der Waals surface area (Å²) in [7, 11) is 0. The number of halogens is 1. The number of nitrogens with zero attached hydrogens (tertiary/aromatic N) is 3. The summed E-state index contributed by atoms with van der Waals surface area (Å²) in [6.45, 7) is 0. The maximum Gasteiger partial charge on any atom is 0.274 e. The van der Waals surface area contributed by atoms with Crippen molar-refractivity contribution in [3.8, 4) is 6.19 Å². The Bertz CT molecular complexity index is 356. The van der Waals surface area contributed by atoms with E-state index in [1.165, 1.54) is 6.19 Å². The van der Waals surface area contributed by atoms with Crippen molar-refractivity contribution < 1.29 is 4.86 Å². The van der Waals surface area contributed by atoms with Gasteiger partial charge < -0.3 is 5.21 Å². The SMILES string of the molecule is N#CN=[N+]([O-])c1cccc(Br)c1. The molecule has 0 fully saturated rings. The van der Waals surface area contributed by atoms with Crippen LogP contribution in [0.15, 0.2) is 33.9 Å². The summed E-state index contributed by atoms with van der Waals surface area (Å²) in [5.74, 6) is 0. The predicted molar refractivity (Wildman–Crippen MR) is 45.5 cm³/mol. The molecule has 0 amide bonds. The number of benzene rings is 1. The quantitative estimate of drug-likeness (QED) is 0.319. The Morgan fingerprint density at radius 2 is 2.33 bits per heavy atom. The highest BCUT2D eigenvalue weighted by atomic mass is 79.9. The van der Waals surface area contributed by atoms with Crippen LogP contribution < -0.4 is 0 Å². The van der Waals surface area contributed by atoms with Gasteiger partial charge >= 0.3 is 0 Å². The van der Waals surface area contributed by atoms with Crippen molar-refractivity contribution in [2.45, 2.75) is 0 Å². The maximum absolute atomic E-state index is 10.9. The average Bonchev–Trinajstić information content (AvgIpc) is 2.05. The van der Waals surface area contributed by atoms with E-state index in [4.69, 9.17) is 5.26 Å². The van der Waals surface area contributed by atoms with Crippen LogP contribution in [0.4, 0.5) is 5.69 Å². The predicted octanol–water partition coefficient (Wildman–Crippen LogP) is 2.52. The summed E-state index contributed by atoms with van der Waals surface area (Å²) in [5.41, 5.74) is 0.325. The second kappa shape index (κ2) is 3.83. The van der Waals surface area contributed by atoms with Gasteiger partial charge in [-0.25, -0.2) is 0 Å². The van der Waals surface area contributed by atoms with Crippen LogP contribution in [-0.4, -0.2) is 4.86 Å². The maximum atomic E-state index is 10.9. The Kier molecular flexibility index (Phi) is 2.77. The molecule has 0 N–H and O–H groups in total. The second-order valence-corrected chi connectivity index (χ2v) is 2.87. The highest BCUT2D eigenvalue weighted by Gasteiger charge is 2.01. The zero-order valence-electron chi connectivity index (χ0n) is 5.94. The molecule has 0 saturated heterocycles. The fourth-order valence-corrected chi connectivity index (χ4v) is 1.08. The molecule has 0 aliphatic carbocycles. The molecule has 0 radical (unpaired) electrons. The lowest BCUT2D eigenvalue weighted by Gasteiger charge is -1.96. The molecule has 0 bridgehead atoms. The van der Waals surface area contributed by atoms with Crippen LogP contribution in [0.3, 0.4) is 0 Å². The minimum absolute atomic E-state index is 0.269. The summed E-state index contributed by atoms with van der Waals surface area (Å²) in [6.07, 6.45) is 1.41. The van der Waals surface area contributed by atoms with Crippen LogP contribution in [0.1, 0.15) is 0 Å². The first-order valence-corrected chi connectivity index (χ1v) is 3.86. The Hall–Kier alpha value is -1.41. The smallest absolute Gasteiger partial charge is 0.274 e. The van der Waals surface area contributed by atoms with E-state index >= 15 is 0 Å². The van der Waals surface area contributed by atoms with Crippen molar-refractivity contribution in [1.29, 1.82) is 5.26 Å². The number of azo groups is 1. The second-order valence-electron chi connectivity index (χ2n) is 1.95. The van der Waals surface area contributed by atoms with E-state index in [2.05, 4.69) is 21.0 Å². The first-order chi connectivity index (χ1) is 5.74. The monoisotopic (exact) mass is 225 g/mol. The Labute approximate surface area is 77.5 Å². The number of nitriles is 1. The molecule has 0 aliphatic rings. The number of hydrogen-bond donors (Lipinski definition) is 0. The van der Waals surface area contributed by atoms with Crippen LogP contribution in [0, 0.1) is 16.7 Å². The van der Waals surface area contributed by atoms with Gasteiger partial charge in [0.25, 0.3) is 6.19 Å². The lowest BCUT2D eigenvalue weighted by atomic mass is 10.3. The van der Waals surface area contributed by atoms with Gasteiger partial charge in [-0.05, 0) is 10.9 Å². The molecule has 0 aliphatic heterocycles. The zero-order valence-corrected chi connectivity index (χ0v) is 7.52. The minimum Gasteiger partial charge on any atom is -0.593 e. The summed E-state index contributed by atoms with van der Waals surface area (Å²) in [5, 5.41) is 22.0. The van der Waals surface area contributed by atoms with Crippen LogP contribution in [0.5, 0.6) is 0 Å². The Balaban J connectivity index is 3.05. The van der Waals surface area contributed by atoms with Crippen molar-refractivity contribution >= 4 is 21.6 Å². The van der Waals surface area contributed by atoms with Gasteiger partial charge in [0.15, 0.2) is 0 Å². The topological polar surface area (TPSA) is 62.2 Å². The van der Waals surface area contributed by atoms with Crippen LogP contribution >= 0.6 is 15.9 Å². The molecule has 0 spiro atoms. The first kappa shape index (κ1) is 8.68. The molecule has 60 valence electrons. The Morgan fingerprint density at radius 1 is 1.58 bits per heavy atom. The molecule has 1 rings (SSSR count). The van der Waals surface area contributed by atoms with Gasteiger partial charge in [0.05, 0.1) is 5.11 Å². The molecule has 12 heavy (non-hydrogen) atoms. The van der Waals surface area contributed by atoms with E-state index in [0.717, 1.165) is 4.47 Å². The molecule has 0 saturated carbocycles. The lowest BCUT2D eigenvalue weighted by molar-refractivity contribution is -0.435. The molecular weight excluding hydrogens is 222 g/mol. The van der Waals surface area contributed by atoms with E-state index in [0.29, 0.717) is 5.69 Å². The minimum atomic E-state index is 0.269. The molecule has 5 heteroatoms. The molecular formula is C7H4BrN3O. The van der Waals surface area contributed by atoms with Gasteiger partial charge in [-0.3, -0.25) is 0 Å². The van der Waals surface area contributed by atoms with Gasteiger partial charge in [-0.1, -0.05) is 22.0 Å². The summed E-state index contributed by atoms with van der Waals surface area (Å²) in [4.78, 5) is 0.269. The fraction of sp³-hybridized carbons (Fsp3) is 0. The molecule has 4 nitrogen and oxygen atoms in total. The van der Waals surface area contributed by atoms with Crippen LogP contribution in [0.2, 0.25) is 0 Å². The van der Waals surface area contributed by atoms with Crippen molar-refractivity contribution in [3.05, 3.63) is 33.9 Å². The van der Waals surface area contributed by atoms with Gasteiger partial charge in [-0.2, -0.15) is 5.26 Å². The van der Waals surface area contributed by atoms with Crippen molar-refractivity contribution in [1.82, 2.24) is 0 Å². The normalized spacial score (nSPS) is 10.8. The largest absolute Gasteiger partial charge is 0.593 e. The van der Waals surface area contributed by atoms with E-state index in [1.54, 1.807) is 24.3 Å². The van der Waals surface area contributed by atoms with E-state index in [9.17, 15) is 5.21 Å². The van der Waals surface area contributed by atoms with Gasteiger partial charge in [0.1, 0.15) is 0 Å². The molecule has 0 heterocycles. The highest BCUT2D eigenvalue weighted by molar-refractivity contribution is 9.10. The third kappa shape index (κ3) is 2.04. The van der Waals surface area contributed by atoms with Gasteiger partial charge in [0.2, 0.25) is 5.69 Å². The Morgan fingerprint density at radius 3 is 2.92 bits per heavy atom. The fourth-order valence-electron chi connectivity index (χ4n) is 0.693. The van der Waals surface area contributed by atoms with E-state index in [-0.39, 0.29) is 4.86 Å². The van der Waals surface area contributed by atoms with E-state index in [1.807, 2.05) is 0 Å². The van der Waals surface area contributed by atoms with E-state index < -0.39 is 0 Å². The first-order valence-electron chi connectivity index (χ1n) is 3.06. The van der Waals surface area contributed by atoms with Crippen molar-refractivity contribution in [2.24, 2.45) is 5.11 Å². The van der Waals surface area contributed by atoms with Crippen molar-refractivity contribution in [3.63, 3.8) is 0 Å². The molecule has 0 atom stereocenters. The highest BCUT2D eigenvalue weighted by Crippen LogP contribution is 2.17. The van der Waals surface area contributed by atoms with Gasteiger partial charge in [-0.15, -0.1) is 0 Å².